The van der Waals surface area contributed by atoms with Gasteiger partial charge in [-0.3, -0.25) is 0 Å². The maximum Gasteiger partial charge on any atom is 0.123 e. The number of imidazole rings is 1. The number of hydrogen-bond acceptors (Lipinski definition) is 2. The van der Waals surface area contributed by atoms with Crippen LogP contribution in [0.15, 0.2) is 22.8 Å². The fourth-order valence-corrected chi connectivity index (χ4v) is 2.76. The third-order valence-electron chi connectivity index (χ3n) is 3.43. The van der Waals surface area contributed by atoms with Crippen LogP contribution in [0.3, 0.4) is 0 Å². The van der Waals surface area contributed by atoms with Crippen molar-refractivity contribution in [2.45, 2.75) is 31.7 Å². The van der Waals surface area contributed by atoms with Crippen LogP contribution in [0, 0.1) is 0 Å². The Hall–Kier alpha value is -0.870. The highest BCUT2D eigenvalue weighted by Crippen LogP contribution is 2.29. The topological polar surface area (TPSA) is 40.7 Å². The Labute approximate surface area is 110 Å². The highest BCUT2D eigenvalue weighted by atomic mass is 79.9. The zero-order valence-corrected chi connectivity index (χ0v) is 11.3. The molecular formula is C13H16BrN3. The van der Waals surface area contributed by atoms with Crippen LogP contribution in [0.4, 0.5) is 0 Å². The van der Waals surface area contributed by atoms with Crippen LogP contribution in [-0.4, -0.2) is 16.5 Å². The minimum Gasteiger partial charge on any atom is -0.341 e. The predicted molar refractivity (Wildman–Crippen MR) is 72.8 cm³/mol. The van der Waals surface area contributed by atoms with Crippen LogP contribution in [0.1, 0.15) is 43.2 Å². The first-order valence-corrected chi connectivity index (χ1v) is 6.96. The average molecular weight is 294 g/mol. The fourth-order valence-electron chi connectivity index (χ4n) is 2.43. The van der Waals surface area contributed by atoms with E-state index < -0.39 is 0 Å². The van der Waals surface area contributed by atoms with Gasteiger partial charge < -0.3 is 10.3 Å². The molecule has 2 N–H and O–H groups in total. The van der Waals surface area contributed by atoms with E-state index in [9.17, 15) is 0 Å². The van der Waals surface area contributed by atoms with Crippen LogP contribution in [0.2, 0.25) is 0 Å². The molecule has 3 nitrogen and oxygen atoms in total. The van der Waals surface area contributed by atoms with Gasteiger partial charge in [0.05, 0.1) is 17.9 Å². The van der Waals surface area contributed by atoms with Crippen molar-refractivity contribution in [2.75, 3.05) is 6.54 Å². The van der Waals surface area contributed by atoms with E-state index in [4.69, 9.17) is 0 Å². The maximum absolute atomic E-state index is 4.50. The van der Waals surface area contributed by atoms with E-state index in [0.717, 1.165) is 25.2 Å². The van der Waals surface area contributed by atoms with Crippen molar-refractivity contribution in [3.05, 3.63) is 34.3 Å². The number of rotatable bonds is 2. The predicted octanol–water partition coefficient (Wildman–Crippen LogP) is 3.29. The number of nitrogens with one attached hydrogen (secondary N) is 2. The molecule has 0 amide bonds. The number of hydrogen-bond donors (Lipinski definition) is 2. The number of halogens is 1. The summed E-state index contributed by atoms with van der Waals surface area (Å²) in [5, 5.41) is 3.46. The summed E-state index contributed by atoms with van der Waals surface area (Å²) in [4.78, 5) is 7.95. The molecule has 1 unspecified atom stereocenters. The van der Waals surface area contributed by atoms with Crippen molar-refractivity contribution in [1.82, 2.24) is 15.3 Å². The maximum atomic E-state index is 4.50. The highest BCUT2D eigenvalue weighted by Gasteiger charge is 2.19. The van der Waals surface area contributed by atoms with E-state index in [0.29, 0.717) is 6.04 Å². The number of aromatic nitrogens is 2. The molecule has 0 aromatic carbocycles. The Morgan fingerprint density at radius 2 is 2.24 bits per heavy atom. The smallest absolute Gasteiger partial charge is 0.123 e. The lowest BCUT2D eigenvalue weighted by Crippen LogP contribution is -2.14. The minimum absolute atomic E-state index is 0.426. The Morgan fingerprint density at radius 3 is 2.94 bits per heavy atom. The molecule has 0 bridgehead atoms. The lowest BCUT2D eigenvalue weighted by molar-refractivity contribution is 0.612. The molecular weight excluding hydrogens is 278 g/mol. The Kier molecular flexibility index (Phi) is 3.16. The quantitative estimate of drug-likeness (QED) is 0.878. The molecule has 1 aliphatic carbocycles. The van der Waals surface area contributed by atoms with Gasteiger partial charge in [-0.25, -0.2) is 4.98 Å². The van der Waals surface area contributed by atoms with E-state index >= 15 is 0 Å². The normalized spacial score (nSPS) is 24.6. The zero-order chi connectivity index (χ0) is 11.7. The summed E-state index contributed by atoms with van der Waals surface area (Å²) < 4.78 is 1.28. The number of H-pyrrole nitrogens is 1. The molecule has 1 saturated heterocycles. The summed E-state index contributed by atoms with van der Waals surface area (Å²) >= 11 is 3.53. The van der Waals surface area contributed by atoms with Crippen molar-refractivity contribution in [2.24, 2.45) is 0 Å². The summed E-state index contributed by atoms with van der Waals surface area (Å²) in [7, 11) is 0. The lowest BCUT2D eigenvalue weighted by atomic mass is 10.0. The van der Waals surface area contributed by atoms with Crippen LogP contribution in [0.5, 0.6) is 0 Å². The van der Waals surface area contributed by atoms with E-state index in [2.05, 4.69) is 43.4 Å². The van der Waals surface area contributed by atoms with Crippen LogP contribution >= 0.6 is 15.9 Å². The molecule has 2 aliphatic rings. The summed E-state index contributed by atoms with van der Waals surface area (Å²) in [6.07, 6.45) is 10.9. The molecule has 0 radical (unpaired) electrons. The van der Waals surface area contributed by atoms with Gasteiger partial charge in [0.2, 0.25) is 0 Å². The fraction of sp³-hybridized carbons (Fsp3) is 0.462. The number of nitrogens with zero attached hydrogens (tertiary/aromatic N) is 1. The van der Waals surface area contributed by atoms with Crippen LogP contribution in [0.25, 0.3) is 5.57 Å². The second-order valence-corrected chi connectivity index (χ2v) is 5.66. The standard InChI is InChI=1S/C13H16BrN3/c14-10-5-3-9(4-6-10)12-8-16-13(17-12)11-2-1-7-15-11/h3,5,8,11,15H,1-2,4,6-7H2,(H,16,17). The second-order valence-electron chi connectivity index (χ2n) is 4.64. The van der Waals surface area contributed by atoms with Gasteiger partial charge in [0, 0.05) is 0 Å². The molecule has 0 spiro atoms. The first-order valence-electron chi connectivity index (χ1n) is 6.17. The molecule has 2 heterocycles. The van der Waals surface area contributed by atoms with Crippen molar-refractivity contribution in [3.8, 4) is 0 Å². The molecule has 17 heavy (non-hydrogen) atoms. The van der Waals surface area contributed by atoms with Gasteiger partial charge >= 0.3 is 0 Å². The third-order valence-corrected chi connectivity index (χ3v) is 4.09. The SMILES string of the molecule is BrC1=CC=C(c2cnc(C3CCCN3)[nH]2)CC1. The molecule has 90 valence electrons. The lowest BCUT2D eigenvalue weighted by Gasteiger charge is -2.09. The summed E-state index contributed by atoms with van der Waals surface area (Å²) in [6.45, 7) is 1.11. The van der Waals surface area contributed by atoms with Crippen molar-refractivity contribution in [1.29, 1.82) is 0 Å². The van der Waals surface area contributed by atoms with Gasteiger partial charge in [-0.15, -0.1) is 0 Å². The molecule has 4 heteroatoms. The molecule has 0 saturated carbocycles. The van der Waals surface area contributed by atoms with Gasteiger partial charge in [-0.2, -0.15) is 0 Å². The van der Waals surface area contributed by atoms with Gasteiger partial charge in [-0.1, -0.05) is 28.1 Å². The van der Waals surface area contributed by atoms with Gasteiger partial charge in [0.15, 0.2) is 0 Å². The van der Waals surface area contributed by atoms with E-state index in [1.807, 2.05) is 6.20 Å². The molecule has 1 atom stereocenters. The third kappa shape index (κ3) is 2.38. The Bertz CT molecular complexity index is 467. The van der Waals surface area contributed by atoms with E-state index in [1.54, 1.807) is 0 Å². The van der Waals surface area contributed by atoms with E-state index in [-0.39, 0.29) is 0 Å². The zero-order valence-electron chi connectivity index (χ0n) is 9.67. The number of allylic oxidation sites excluding steroid dienone is 4. The first kappa shape index (κ1) is 11.2. The van der Waals surface area contributed by atoms with Gasteiger partial charge in [0.25, 0.3) is 0 Å². The summed E-state index contributed by atoms with van der Waals surface area (Å²) in [6, 6.07) is 0.426. The monoisotopic (exact) mass is 293 g/mol. The van der Waals surface area contributed by atoms with Gasteiger partial charge in [0.1, 0.15) is 5.82 Å². The summed E-state index contributed by atoms with van der Waals surface area (Å²) in [5.74, 6) is 1.09. The van der Waals surface area contributed by atoms with Crippen LogP contribution < -0.4 is 5.32 Å². The molecule has 1 aromatic rings. The Balaban J connectivity index is 1.80. The highest BCUT2D eigenvalue weighted by molar-refractivity contribution is 9.11. The van der Waals surface area contributed by atoms with E-state index in [1.165, 1.54) is 28.6 Å². The first-order chi connectivity index (χ1) is 8.33. The minimum atomic E-state index is 0.426. The largest absolute Gasteiger partial charge is 0.341 e. The van der Waals surface area contributed by atoms with Crippen molar-refractivity contribution < 1.29 is 0 Å². The van der Waals surface area contributed by atoms with Crippen molar-refractivity contribution >= 4 is 21.5 Å². The van der Waals surface area contributed by atoms with Crippen molar-refractivity contribution in [3.63, 3.8) is 0 Å². The second kappa shape index (κ2) is 4.78. The number of aromatic amines is 1. The summed E-state index contributed by atoms with van der Waals surface area (Å²) in [5.41, 5.74) is 2.52. The molecule has 1 aliphatic heterocycles. The van der Waals surface area contributed by atoms with Gasteiger partial charge in [-0.05, 0) is 42.3 Å². The average Bonchev–Trinajstić information content (AvgIpc) is 3.00. The Morgan fingerprint density at radius 1 is 1.29 bits per heavy atom. The van der Waals surface area contributed by atoms with Crippen LogP contribution in [-0.2, 0) is 0 Å². The molecule has 1 fully saturated rings. The molecule has 3 rings (SSSR count). The molecule has 1 aromatic heterocycles.